The first-order chi connectivity index (χ1) is 10.1. The molecule has 0 radical (unpaired) electrons. The third-order valence-corrected chi connectivity index (χ3v) is 4.85. The molecule has 0 saturated heterocycles. The monoisotopic (exact) mass is 343 g/mol. The fourth-order valence-corrected chi connectivity index (χ4v) is 3.48. The van der Waals surface area contributed by atoms with Crippen LogP contribution in [0.3, 0.4) is 0 Å². The van der Waals surface area contributed by atoms with Crippen LogP contribution in [0.4, 0.5) is 0 Å². The number of rotatable bonds is 8. The van der Waals surface area contributed by atoms with Gasteiger partial charge in [-0.15, -0.1) is 0 Å². The van der Waals surface area contributed by atoms with Gasteiger partial charge in [-0.2, -0.15) is 0 Å². The van der Waals surface area contributed by atoms with Crippen molar-refractivity contribution in [1.82, 2.24) is 9.71 Å². The van der Waals surface area contributed by atoms with Crippen molar-refractivity contribution in [3.8, 4) is 0 Å². The fraction of sp³-hybridized carbons (Fsp3) is 0.400. The first-order valence-electron chi connectivity index (χ1n) is 7.28. The summed E-state index contributed by atoms with van der Waals surface area (Å²) < 4.78 is 27.4. The van der Waals surface area contributed by atoms with Gasteiger partial charge in [0.25, 0.3) is 0 Å². The zero-order chi connectivity index (χ0) is 15.1. The molecular formula is C15H22ClN3O2S. The van der Waals surface area contributed by atoms with E-state index in [1.54, 1.807) is 24.4 Å². The SMILES string of the molecule is [Cl-].[NH3+]CCCCCCNS(=O)(=O)c1cccc2cccnc12. The first-order valence-corrected chi connectivity index (χ1v) is 8.76. The van der Waals surface area contributed by atoms with Gasteiger partial charge in [0.2, 0.25) is 10.0 Å². The highest BCUT2D eigenvalue weighted by Gasteiger charge is 2.17. The number of nitrogens with one attached hydrogen (secondary N) is 1. The van der Waals surface area contributed by atoms with E-state index in [0.29, 0.717) is 12.1 Å². The minimum atomic E-state index is -3.50. The lowest BCUT2D eigenvalue weighted by Crippen LogP contribution is -3.00. The standard InChI is InChI=1S/C15H21N3O2S.ClH/c16-10-3-1-2-4-12-18-21(19,20)14-9-5-7-13-8-6-11-17-15(13)14;/h5-9,11,18H,1-4,10,12,16H2;1H. The van der Waals surface area contributed by atoms with Crippen molar-refractivity contribution in [2.75, 3.05) is 13.1 Å². The summed E-state index contributed by atoms with van der Waals surface area (Å²) in [5.41, 5.74) is 4.31. The van der Waals surface area contributed by atoms with Gasteiger partial charge in [-0.25, -0.2) is 13.1 Å². The van der Waals surface area contributed by atoms with Crippen molar-refractivity contribution < 1.29 is 26.6 Å². The Morgan fingerprint density at radius 3 is 2.55 bits per heavy atom. The maximum absolute atomic E-state index is 12.4. The Labute approximate surface area is 137 Å². The molecule has 0 amide bonds. The number of quaternary nitrogens is 1. The van der Waals surface area contributed by atoms with E-state index < -0.39 is 10.0 Å². The van der Waals surface area contributed by atoms with Gasteiger partial charge in [0.1, 0.15) is 4.90 Å². The van der Waals surface area contributed by atoms with Gasteiger partial charge in [0.15, 0.2) is 0 Å². The third kappa shape index (κ3) is 4.91. The number of aromatic nitrogens is 1. The molecule has 5 nitrogen and oxygen atoms in total. The van der Waals surface area contributed by atoms with Crippen molar-refractivity contribution in [2.45, 2.75) is 30.6 Å². The van der Waals surface area contributed by atoms with Crippen LogP contribution in [-0.4, -0.2) is 26.5 Å². The minimum absolute atomic E-state index is 0. The normalized spacial score (nSPS) is 11.3. The lowest BCUT2D eigenvalue weighted by Gasteiger charge is -2.08. The van der Waals surface area contributed by atoms with Crippen LogP contribution in [0.5, 0.6) is 0 Å². The summed E-state index contributed by atoms with van der Waals surface area (Å²) in [6, 6.07) is 8.86. The number of pyridine rings is 1. The summed E-state index contributed by atoms with van der Waals surface area (Å²) in [6.07, 6.45) is 5.67. The maximum Gasteiger partial charge on any atom is 0.242 e. The van der Waals surface area contributed by atoms with Crippen molar-refractivity contribution >= 4 is 20.9 Å². The highest BCUT2D eigenvalue weighted by molar-refractivity contribution is 7.89. The van der Waals surface area contributed by atoms with Crippen molar-refractivity contribution in [3.63, 3.8) is 0 Å². The average molecular weight is 344 g/mol. The van der Waals surface area contributed by atoms with E-state index in [-0.39, 0.29) is 17.3 Å². The van der Waals surface area contributed by atoms with Crippen LogP contribution >= 0.6 is 0 Å². The number of sulfonamides is 1. The predicted molar refractivity (Wildman–Crippen MR) is 83.2 cm³/mol. The van der Waals surface area contributed by atoms with Crippen molar-refractivity contribution in [1.29, 1.82) is 0 Å². The second kappa shape index (κ2) is 9.05. The summed E-state index contributed by atoms with van der Waals surface area (Å²) in [4.78, 5) is 4.44. The maximum atomic E-state index is 12.4. The molecule has 0 aliphatic rings. The van der Waals surface area contributed by atoms with E-state index in [2.05, 4.69) is 15.4 Å². The van der Waals surface area contributed by atoms with Crippen LogP contribution in [0.25, 0.3) is 10.9 Å². The zero-order valence-electron chi connectivity index (χ0n) is 12.5. The molecule has 2 aromatic rings. The topological polar surface area (TPSA) is 86.7 Å². The molecule has 22 heavy (non-hydrogen) atoms. The van der Waals surface area contributed by atoms with Crippen molar-refractivity contribution in [2.24, 2.45) is 0 Å². The van der Waals surface area contributed by atoms with Gasteiger partial charge in [-0.05, 0) is 31.4 Å². The van der Waals surface area contributed by atoms with Gasteiger partial charge in [0, 0.05) is 18.1 Å². The Bertz CT molecular complexity index is 687. The molecule has 0 atom stereocenters. The molecule has 1 aromatic carbocycles. The van der Waals surface area contributed by atoms with Crippen LogP contribution < -0.4 is 22.9 Å². The summed E-state index contributed by atoms with van der Waals surface area (Å²) in [7, 11) is -3.50. The lowest BCUT2D eigenvalue weighted by molar-refractivity contribution is -0.368. The molecule has 0 saturated carbocycles. The lowest BCUT2D eigenvalue weighted by atomic mass is 10.2. The molecule has 122 valence electrons. The Hall–Kier alpha value is -1.21. The van der Waals surface area contributed by atoms with Crippen LogP contribution in [0.2, 0.25) is 0 Å². The van der Waals surface area contributed by atoms with E-state index >= 15 is 0 Å². The number of halogens is 1. The van der Waals surface area contributed by atoms with E-state index in [0.717, 1.165) is 37.6 Å². The number of para-hydroxylation sites is 1. The number of nitrogens with zero attached hydrogens (tertiary/aromatic N) is 1. The van der Waals surface area contributed by atoms with Gasteiger partial charge < -0.3 is 18.1 Å². The Morgan fingerprint density at radius 1 is 1.05 bits per heavy atom. The van der Waals surface area contributed by atoms with Crippen LogP contribution in [0.15, 0.2) is 41.4 Å². The average Bonchev–Trinajstić information content (AvgIpc) is 2.50. The molecule has 2 rings (SSSR count). The smallest absolute Gasteiger partial charge is 0.242 e. The van der Waals surface area contributed by atoms with Gasteiger partial charge >= 0.3 is 0 Å². The second-order valence-electron chi connectivity index (χ2n) is 5.00. The first kappa shape index (κ1) is 18.8. The van der Waals surface area contributed by atoms with Crippen LogP contribution in [-0.2, 0) is 10.0 Å². The molecule has 0 unspecified atom stereocenters. The summed E-state index contributed by atoms with van der Waals surface area (Å²) in [5, 5.41) is 0.829. The Kier molecular flexibility index (Phi) is 7.75. The molecule has 0 spiro atoms. The quantitative estimate of drug-likeness (QED) is 0.561. The largest absolute Gasteiger partial charge is 1.00 e. The molecule has 4 N–H and O–H groups in total. The van der Waals surface area contributed by atoms with Gasteiger partial charge in [0.05, 0.1) is 12.1 Å². The highest BCUT2D eigenvalue weighted by atomic mass is 35.5. The summed E-state index contributed by atoms with van der Waals surface area (Å²) >= 11 is 0. The highest BCUT2D eigenvalue weighted by Crippen LogP contribution is 2.20. The molecule has 0 bridgehead atoms. The predicted octanol–water partition coefficient (Wildman–Crippen LogP) is -1.68. The molecule has 7 heteroatoms. The number of benzene rings is 1. The van der Waals surface area contributed by atoms with Crippen molar-refractivity contribution in [3.05, 3.63) is 36.5 Å². The summed E-state index contributed by atoms with van der Waals surface area (Å²) in [6.45, 7) is 1.40. The number of fused-ring (bicyclic) bond motifs is 1. The molecule has 1 heterocycles. The Balaban J connectivity index is 0.00000242. The molecule has 1 aromatic heterocycles. The van der Waals surface area contributed by atoms with E-state index in [1.807, 2.05) is 12.1 Å². The van der Waals surface area contributed by atoms with Crippen LogP contribution in [0, 0.1) is 0 Å². The molecule has 0 fully saturated rings. The third-order valence-electron chi connectivity index (χ3n) is 3.35. The van der Waals surface area contributed by atoms with E-state index in [9.17, 15) is 8.42 Å². The fourth-order valence-electron chi connectivity index (χ4n) is 2.23. The van der Waals surface area contributed by atoms with Gasteiger partial charge in [-0.3, -0.25) is 4.98 Å². The molecule has 0 aliphatic carbocycles. The van der Waals surface area contributed by atoms with Crippen LogP contribution in [0.1, 0.15) is 25.7 Å². The van der Waals surface area contributed by atoms with E-state index in [1.165, 1.54) is 0 Å². The number of hydrogen-bond acceptors (Lipinski definition) is 3. The number of hydrogen-bond donors (Lipinski definition) is 2. The number of unbranched alkanes of at least 4 members (excludes halogenated alkanes) is 3. The summed E-state index contributed by atoms with van der Waals surface area (Å²) in [5.74, 6) is 0. The zero-order valence-corrected chi connectivity index (χ0v) is 14.0. The minimum Gasteiger partial charge on any atom is -1.00 e. The second-order valence-corrected chi connectivity index (χ2v) is 6.73. The molecule has 0 aliphatic heterocycles. The molecular weight excluding hydrogens is 322 g/mol. The van der Waals surface area contributed by atoms with E-state index in [4.69, 9.17) is 0 Å². The van der Waals surface area contributed by atoms with Gasteiger partial charge in [-0.1, -0.05) is 24.6 Å². The Morgan fingerprint density at radius 2 is 1.77 bits per heavy atom.